The lowest BCUT2D eigenvalue weighted by Gasteiger charge is -2.43. The second-order valence-electron chi connectivity index (χ2n) is 10.8. The summed E-state index contributed by atoms with van der Waals surface area (Å²) >= 11 is 6.09. The molecular formula is C28H45ClFN3O4. The summed E-state index contributed by atoms with van der Waals surface area (Å²) in [6.07, 6.45) is 7.85. The number of halogens is 2. The largest absolute Gasteiger partial charge is 0.391 e. The maximum atomic E-state index is 15.2. The van der Waals surface area contributed by atoms with Gasteiger partial charge in [0.25, 0.3) is 0 Å². The number of nitrogens with zero attached hydrogens (tertiary/aromatic N) is 1. The molecule has 1 aliphatic heterocycles. The molecule has 210 valence electrons. The van der Waals surface area contributed by atoms with Gasteiger partial charge in [-0.2, -0.15) is 0 Å². The molecule has 0 bridgehead atoms. The lowest BCUT2D eigenvalue weighted by Crippen LogP contribution is -2.57. The SMILES string of the molecule is CNC[C@@H](NC(=O)N1CCC[C@@H]([C@@](O)(CCCCOC)c2cccc(Cl)c2F)C1)[C@H](O)C1CCCCC1. The van der Waals surface area contributed by atoms with Crippen molar-refractivity contribution in [3.63, 3.8) is 0 Å². The number of aliphatic hydroxyl groups excluding tert-OH is 1. The Morgan fingerprint density at radius 2 is 2.00 bits per heavy atom. The van der Waals surface area contributed by atoms with E-state index in [-0.39, 0.29) is 28.5 Å². The maximum absolute atomic E-state index is 15.2. The van der Waals surface area contributed by atoms with Crippen molar-refractivity contribution < 1.29 is 24.1 Å². The molecule has 1 heterocycles. The van der Waals surface area contributed by atoms with Gasteiger partial charge in [-0.25, -0.2) is 9.18 Å². The highest BCUT2D eigenvalue weighted by Crippen LogP contribution is 2.42. The van der Waals surface area contributed by atoms with Crippen LogP contribution in [0.5, 0.6) is 0 Å². The first-order valence-electron chi connectivity index (χ1n) is 13.9. The van der Waals surface area contributed by atoms with Crippen LogP contribution in [0.1, 0.15) is 69.8 Å². The topological polar surface area (TPSA) is 94.1 Å². The van der Waals surface area contributed by atoms with Gasteiger partial charge in [-0.15, -0.1) is 0 Å². The van der Waals surface area contributed by atoms with Gasteiger partial charge >= 0.3 is 6.03 Å². The summed E-state index contributed by atoms with van der Waals surface area (Å²) in [5.41, 5.74) is -1.28. The van der Waals surface area contributed by atoms with E-state index in [2.05, 4.69) is 10.6 Å². The molecule has 9 heteroatoms. The number of likely N-dealkylation sites (N-methyl/N-ethyl adjacent to an activating group) is 1. The smallest absolute Gasteiger partial charge is 0.317 e. The average Bonchev–Trinajstić information content (AvgIpc) is 2.92. The predicted molar refractivity (Wildman–Crippen MR) is 144 cm³/mol. The normalized spacial score (nSPS) is 22.3. The van der Waals surface area contributed by atoms with Crippen molar-refractivity contribution in [3.8, 4) is 0 Å². The van der Waals surface area contributed by atoms with E-state index < -0.39 is 23.6 Å². The number of methoxy groups -OCH3 is 1. The van der Waals surface area contributed by atoms with Crippen LogP contribution in [-0.4, -0.2) is 73.7 Å². The zero-order valence-electron chi connectivity index (χ0n) is 22.4. The van der Waals surface area contributed by atoms with Gasteiger partial charge in [-0.3, -0.25) is 0 Å². The molecule has 1 aromatic carbocycles. The van der Waals surface area contributed by atoms with Crippen molar-refractivity contribution in [2.45, 2.75) is 82.0 Å². The van der Waals surface area contributed by atoms with E-state index in [1.54, 1.807) is 24.1 Å². The first kappa shape index (κ1) is 30.1. The number of hydrogen-bond acceptors (Lipinski definition) is 5. The number of carbonyl (C=O) groups is 1. The fourth-order valence-electron chi connectivity index (χ4n) is 6.12. The zero-order chi connectivity index (χ0) is 26.8. The van der Waals surface area contributed by atoms with Gasteiger partial charge in [0.15, 0.2) is 0 Å². The number of nitrogens with one attached hydrogen (secondary N) is 2. The van der Waals surface area contributed by atoms with E-state index in [4.69, 9.17) is 16.3 Å². The van der Waals surface area contributed by atoms with Crippen molar-refractivity contribution in [1.29, 1.82) is 0 Å². The lowest BCUT2D eigenvalue weighted by molar-refractivity contribution is -0.0590. The van der Waals surface area contributed by atoms with E-state index in [0.717, 1.165) is 32.1 Å². The number of carbonyl (C=O) groups excluding carboxylic acids is 1. The highest BCUT2D eigenvalue weighted by Gasteiger charge is 2.43. The Morgan fingerprint density at radius 1 is 1.24 bits per heavy atom. The molecule has 37 heavy (non-hydrogen) atoms. The number of benzene rings is 1. The molecule has 0 radical (unpaired) electrons. The summed E-state index contributed by atoms with van der Waals surface area (Å²) in [4.78, 5) is 15.1. The van der Waals surface area contributed by atoms with Crippen LogP contribution in [0.15, 0.2) is 18.2 Å². The number of unbranched alkanes of at least 4 members (excludes halogenated alkanes) is 1. The van der Waals surface area contributed by atoms with Crippen LogP contribution in [0.2, 0.25) is 5.02 Å². The molecule has 1 saturated carbocycles. The summed E-state index contributed by atoms with van der Waals surface area (Å²) in [7, 11) is 3.44. The fraction of sp³-hybridized carbons (Fsp3) is 0.750. The fourth-order valence-corrected chi connectivity index (χ4v) is 6.29. The molecule has 1 aromatic rings. The van der Waals surface area contributed by atoms with E-state index in [0.29, 0.717) is 51.9 Å². The molecule has 0 aromatic heterocycles. The van der Waals surface area contributed by atoms with Gasteiger partial charge in [0.1, 0.15) is 5.82 Å². The number of aliphatic hydroxyl groups is 2. The molecule has 1 saturated heterocycles. The minimum Gasteiger partial charge on any atom is -0.391 e. The number of likely N-dealkylation sites (tertiary alicyclic amines) is 1. The molecule has 0 unspecified atom stereocenters. The van der Waals surface area contributed by atoms with Gasteiger partial charge in [-0.1, -0.05) is 43.0 Å². The number of ether oxygens (including phenoxy) is 1. The first-order chi connectivity index (χ1) is 17.8. The highest BCUT2D eigenvalue weighted by atomic mass is 35.5. The van der Waals surface area contributed by atoms with Gasteiger partial charge in [-0.05, 0) is 64.0 Å². The molecule has 4 atom stereocenters. The van der Waals surface area contributed by atoms with Crippen LogP contribution in [0, 0.1) is 17.7 Å². The van der Waals surface area contributed by atoms with E-state index in [9.17, 15) is 15.0 Å². The van der Waals surface area contributed by atoms with Crippen molar-refractivity contribution in [3.05, 3.63) is 34.6 Å². The third-order valence-corrected chi connectivity index (χ3v) is 8.53. The Bertz CT molecular complexity index is 857. The van der Waals surface area contributed by atoms with Crippen LogP contribution >= 0.6 is 11.6 Å². The van der Waals surface area contributed by atoms with Crippen molar-refractivity contribution in [2.24, 2.45) is 11.8 Å². The Kier molecular flexibility index (Phi) is 11.9. The van der Waals surface area contributed by atoms with Crippen molar-refractivity contribution in [2.75, 3.05) is 40.4 Å². The maximum Gasteiger partial charge on any atom is 0.317 e. The van der Waals surface area contributed by atoms with Crippen LogP contribution < -0.4 is 10.6 Å². The predicted octanol–water partition coefficient (Wildman–Crippen LogP) is 4.43. The minimum atomic E-state index is -1.46. The molecule has 2 fully saturated rings. The van der Waals surface area contributed by atoms with Crippen molar-refractivity contribution in [1.82, 2.24) is 15.5 Å². The van der Waals surface area contributed by atoms with E-state index in [1.165, 1.54) is 12.5 Å². The number of piperidine rings is 1. The summed E-state index contributed by atoms with van der Waals surface area (Å²) < 4.78 is 20.3. The van der Waals surface area contributed by atoms with E-state index in [1.807, 2.05) is 7.05 Å². The molecule has 1 aliphatic carbocycles. The summed E-state index contributed by atoms with van der Waals surface area (Å²) in [5, 5.41) is 29.2. The molecule has 4 N–H and O–H groups in total. The van der Waals surface area contributed by atoms with E-state index >= 15 is 4.39 Å². The molecule has 2 amide bonds. The third-order valence-electron chi connectivity index (χ3n) is 8.24. The number of amides is 2. The lowest BCUT2D eigenvalue weighted by atomic mass is 9.74. The number of rotatable bonds is 12. The Morgan fingerprint density at radius 3 is 2.70 bits per heavy atom. The molecule has 3 rings (SSSR count). The number of urea groups is 1. The minimum absolute atomic E-state index is 0.0233. The van der Waals surface area contributed by atoms with Crippen LogP contribution in [-0.2, 0) is 10.3 Å². The number of hydrogen-bond donors (Lipinski definition) is 4. The second kappa shape index (κ2) is 14.6. The zero-order valence-corrected chi connectivity index (χ0v) is 23.1. The first-order valence-corrected chi connectivity index (χ1v) is 14.2. The summed E-state index contributed by atoms with van der Waals surface area (Å²) in [5.74, 6) is -0.775. The quantitative estimate of drug-likeness (QED) is 0.294. The Hall–Kier alpha value is -1.45. The van der Waals surface area contributed by atoms with Crippen LogP contribution in [0.25, 0.3) is 0 Å². The Labute approximate surface area is 226 Å². The molecular weight excluding hydrogens is 497 g/mol. The van der Waals surface area contributed by atoms with Gasteiger partial charge < -0.3 is 30.5 Å². The van der Waals surface area contributed by atoms with Gasteiger partial charge in [0.2, 0.25) is 0 Å². The monoisotopic (exact) mass is 541 g/mol. The van der Waals surface area contributed by atoms with Gasteiger partial charge in [0, 0.05) is 44.8 Å². The summed E-state index contributed by atoms with van der Waals surface area (Å²) in [6, 6.07) is 4.07. The average molecular weight is 542 g/mol. The van der Waals surface area contributed by atoms with Gasteiger partial charge in [0.05, 0.1) is 22.8 Å². The molecule has 7 nitrogen and oxygen atoms in total. The molecule has 2 aliphatic rings. The second-order valence-corrected chi connectivity index (χ2v) is 11.2. The van der Waals surface area contributed by atoms with Crippen molar-refractivity contribution >= 4 is 17.6 Å². The summed E-state index contributed by atoms with van der Waals surface area (Å²) in [6.45, 7) is 1.87. The van der Waals surface area contributed by atoms with Crippen LogP contribution in [0.3, 0.4) is 0 Å². The Balaban J connectivity index is 1.75. The standard InChI is InChI=1S/C28H45ClFN3O4/c1-31-18-24(26(34)20-10-4-3-5-11-20)32-27(35)33-16-9-12-21(19-33)28(36,15-6-7-17-37-2)22-13-8-14-23(29)25(22)30/h8,13-14,20-21,24,26,31,34,36H,3-7,9-12,15-19H2,1-2H3,(H,32,35)/t21-,24-,26-,28+/m1/s1. The van der Waals surface area contributed by atoms with Crippen LogP contribution in [0.4, 0.5) is 9.18 Å². The molecule has 0 spiro atoms. The third kappa shape index (κ3) is 7.79. The highest BCUT2D eigenvalue weighted by molar-refractivity contribution is 6.30.